The summed E-state index contributed by atoms with van der Waals surface area (Å²) in [6.45, 7) is 7.22. The Bertz CT molecular complexity index is 330. The zero-order valence-corrected chi connectivity index (χ0v) is 9.62. The molecule has 84 valence electrons. The average molecular weight is 208 g/mol. The second kappa shape index (κ2) is 3.99. The Kier molecular flexibility index (Phi) is 2.85. The number of hydrogen-bond donors (Lipinski definition) is 1. The molecule has 0 atom stereocenters. The summed E-state index contributed by atoms with van der Waals surface area (Å²) in [5.74, 6) is 1.03. The molecule has 0 amide bonds. The normalized spacial score (nSPS) is 21.0. The van der Waals surface area contributed by atoms with E-state index in [0.717, 1.165) is 24.4 Å². The van der Waals surface area contributed by atoms with Crippen molar-refractivity contribution in [3.63, 3.8) is 0 Å². The first-order chi connectivity index (χ1) is 7.13. The van der Waals surface area contributed by atoms with Crippen LogP contribution in [-0.2, 0) is 13.1 Å². The van der Waals surface area contributed by atoms with Crippen LogP contribution >= 0.6 is 0 Å². The summed E-state index contributed by atoms with van der Waals surface area (Å²) in [6, 6.07) is 1.97. The van der Waals surface area contributed by atoms with Crippen molar-refractivity contribution in [1.82, 2.24) is 4.90 Å². The minimum absolute atomic E-state index is 0.304. The summed E-state index contributed by atoms with van der Waals surface area (Å²) in [5, 5.41) is 0. The maximum absolute atomic E-state index is 5.66. The van der Waals surface area contributed by atoms with Crippen LogP contribution in [0.15, 0.2) is 16.7 Å². The fraction of sp³-hybridized carbons (Fsp3) is 0.667. The molecule has 3 heteroatoms. The van der Waals surface area contributed by atoms with Gasteiger partial charge in [-0.2, -0.15) is 0 Å². The maximum atomic E-state index is 5.66. The molecule has 0 aliphatic carbocycles. The van der Waals surface area contributed by atoms with Crippen LogP contribution in [0.2, 0.25) is 0 Å². The standard InChI is InChI=1S/C12H20N2O/c1-12(2)5-3-6-14(12)9-11-10(8-13)4-7-15-11/h4,7H,3,5-6,8-9,13H2,1-2H3. The minimum Gasteiger partial charge on any atom is -0.468 e. The smallest absolute Gasteiger partial charge is 0.122 e. The highest BCUT2D eigenvalue weighted by Crippen LogP contribution is 2.30. The topological polar surface area (TPSA) is 42.4 Å². The molecule has 0 aromatic carbocycles. The molecule has 0 unspecified atom stereocenters. The lowest BCUT2D eigenvalue weighted by molar-refractivity contribution is 0.154. The van der Waals surface area contributed by atoms with Gasteiger partial charge in [-0.25, -0.2) is 0 Å². The van der Waals surface area contributed by atoms with Crippen LogP contribution in [0.3, 0.4) is 0 Å². The van der Waals surface area contributed by atoms with Crippen molar-refractivity contribution in [2.24, 2.45) is 5.73 Å². The molecular weight excluding hydrogens is 188 g/mol. The number of nitrogens with two attached hydrogens (primary N) is 1. The number of likely N-dealkylation sites (tertiary alicyclic amines) is 1. The van der Waals surface area contributed by atoms with Crippen LogP contribution in [-0.4, -0.2) is 17.0 Å². The monoisotopic (exact) mass is 208 g/mol. The Morgan fingerprint density at radius 3 is 2.93 bits per heavy atom. The lowest BCUT2D eigenvalue weighted by Gasteiger charge is -2.30. The van der Waals surface area contributed by atoms with Gasteiger partial charge in [-0.15, -0.1) is 0 Å². The summed E-state index contributed by atoms with van der Waals surface area (Å²) in [4.78, 5) is 2.48. The van der Waals surface area contributed by atoms with Crippen LogP contribution in [0.25, 0.3) is 0 Å². The van der Waals surface area contributed by atoms with Gasteiger partial charge in [-0.1, -0.05) is 0 Å². The molecule has 15 heavy (non-hydrogen) atoms. The van der Waals surface area contributed by atoms with Gasteiger partial charge in [-0.05, 0) is 39.3 Å². The Morgan fingerprint density at radius 1 is 1.53 bits per heavy atom. The number of nitrogens with zero attached hydrogens (tertiary/aromatic N) is 1. The third-order valence-corrected chi connectivity index (χ3v) is 3.46. The van der Waals surface area contributed by atoms with E-state index in [-0.39, 0.29) is 0 Å². The van der Waals surface area contributed by atoms with Gasteiger partial charge in [0.25, 0.3) is 0 Å². The molecule has 1 aromatic rings. The third-order valence-electron chi connectivity index (χ3n) is 3.46. The van der Waals surface area contributed by atoms with Crippen LogP contribution in [0, 0.1) is 0 Å². The van der Waals surface area contributed by atoms with E-state index < -0.39 is 0 Å². The van der Waals surface area contributed by atoms with Gasteiger partial charge < -0.3 is 10.2 Å². The molecule has 2 heterocycles. The first-order valence-electron chi connectivity index (χ1n) is 5.64. The molecule has 1 fully saturated rings. The fourth-order valence-corrected chi connectivity index (χ4v) is 2.32. The fourth-order valence-electron chi connectivity index (χ4n) is 2.32. The molecule has 0 saturated carbocycles. The Labute approximate surface area is 91.2 Å². The summed E-state index contributed by atoms with van der Waals surface area (Å²) in [5.41, 5.74) is 7.10. The second-order valence-electron chi connectivity index (χ2n) is 4.91. The molecule has 0 bridgehead atoms. The predicted molar refractivity (Wildman–Crippen MR) is 60.3 cm³/mol. The summed E-state index contributed by atoms with van der Waals surface area (Å²) < 4.78 is 5.49. The van der Waals surface area contributed by atoms with E-state index in [2.05, 4.69) is 18.7 Å². The van der Waals surface area contributed by atoms with Crippen LogP contribution in [0.5, 0.6) is 0 Å². The van der Waals surface area contributed by atoms with Crippen LogP contribution < -0.4 is 5.73 Å². The van der Waals surface area contributed by atoms with Crippen LogP contribution in [0.4, 0.5) is 0 Å². The van der Waals surface area contributed by atoms with E-state index in [1.165, 1.54) is 12.8 Å². The highest BCUT2D eigenvalue weighted by Gasteiger charge is 2.32. The molecule has 0 radical (unpaired) electrons. The zero-order chi connectivity index (χ0) is 10.9. The van der Waals surface area contributed by atoms with Crippen molar-refractivity contribution in [1.29, 1.82) is 0 Å². The van der Waals surface area contributed by atoms with E-state index in [1.807, 2.05) is 6.07 Å². The van der Waals surface area contributed by atoms with Crippen molar-refractivity contribution in [2.45, 2.75) is 45.3 Å². The molecule has 3 nitrogen and oxygen atoms in total. The van der Waals surface area contributed by atoms with Gasteiger partial charge in [0.2, 0.25) is 0 Å². The van der Waals surface area contributed by atoms with Gasteiger partial charge >= 0.3 is 0 Å². The number of rotatable bonds is 3. The van der Waals surface area contributed by atoms with Crippen molar-refractivity contribution in [3.8, 4) is 0 Å². The molecular formula is C12H20N2O. The van der Waals surface area contributed by atoms with Gasteiger partial charge in [0.05, 0.1) is 12.8 Å². The first kappa shape index (κ1) is 10.7. The molecule has 2 N–H and O–H groups in total. The predicted octanol–water partition coefficient (Wildman–Crippen LogP) is 2.11. The minimum atomic E-state index is 0.304. The highest BCUT2D eigenvalue weighted by molar-refractivity contribution is 5.17. The van der Waals surface area contributed by atoms with E-state index >= 15 is 0 Å². The molecule has 1 aromatic heterocycles. The highest BCUT2D eigenvalue weighted by atomic mass is 16.3. The van der Waals surface area contributed by atoms with Crippen molar-refractivity contribution in [2.75, 3.05) is 6.54 Å². The van der Waals surface area contributed by atoms with Gasteiger partial charge in [-0.3, -0.25) is 4.90 Å². The summed E-state index contributed by atoms with van der Waals surface area (Å²) >= 11 is 0. The van der Waals surface area contributed by atoms with E-state index in [4.69, 9.17) is 10.2 Å². The molecule has 1 aliphatic rings. The van der Waals surface area contributed by atoms with Gasteiger partial charge in [0.15, 0.2) is 0 Å². The second-order valence-corrected chi connectivity index (χ2v) is 4.91. The molecule has 1 saturated heterocycles. The van der Waals surface area contributed by atoms with Crippen LogP contribution in [0.1, 0.15) is 38.0 Å². The SMILES string of the molecule is CC1(C)CCCN1Cc1occc1CN. The van der Waals surface area contributed by atoms with E-state index in [9.17, 15) is 0 Å². The average Bonchev–Trinajstić information content (AvgIpc) is 2.74. The quantitative estimate of drug-likeness (QED) is 0.827. The molecule has 1 aliphatic heterocycles. The van der Waals surface area contributed by atoms with E-state index in [1.54, 1.807) is 6.26 Å². The Hall–Kier alpha value is -0.800. The molecule has 0 spiro atoms. The van der Waals surface area contributed by atoms with Gasteiger partial charge in [0, 0.05) is 17.6 Å². The number of furan rings is 1. The number of hydrogen-bond acceptors (Lipinski definition) is 3. The molecule has 2 rings (SSSR count). The van der Waals surface area contributed by atoms with Crippen molar-refractivity contribution >= 4 is 0 Å². The third kappa shape index (κ3) is 2.08. The maximum Gasteiger partial charge on any atom is 0.122 e. The van der Waals surface area contributed by atoms with E-state index in [0.29, 0.717) is 12.1 Å². The zero-order valence-electron chi connectivity index (χ0n) is 9.62. The Balaban J connectivity index is 2.08. The largest absolute Gasteiger partial charge is 0.468 e. The summed E-state index contributed by atoms with van der Waals surface area (Å²) in [7, 11) is 0. The van der Waals surface area contributed by atoms with Gasteiger partial charge in [0.1, 0.15) is 5.76 Å². The first-order valence-corrected chi connectivity index (χ1v) is 5.64. The lowest BCUT2D eigenvalue weighted by atomic mass is 10.0. The Morgan fingerprint density at radius 2 is 2.33 bits per heavy atom. The van der Waals surface area contributed by atoms with Crippen molar-refractivity contribution < 1.29 is 4.42 Å². The lowest BCUT2D eigenvalue weighted by Crippen LogP contribution is -2.37. The summed E-state index contributed by atoms with van der Waals surface area (Å²) in [6.07, 6.45) is 4.29. The van der Waals surface area contributed by atoms with Crippen molar-refractivity contribution in [3.05, 3.63) is 23.7 Å².